The largest absolute Gasteiger partial charge is 0.356 e. The summed E-state index contributed by atoms with van der Waals surface area (Å²) in [5.41, 5.74) is 1.14. The summed E-state index contributed by atoms with van der Waals surface area (Å²) < 4.78 is 2.03. The van der Waals surface area contributed by atoms with Crippen molar-refractivity contribution < 1.29 is 0 Å². The Bertz CT molecular complexity index is 872. The highest BCUT2D eigenvalue weighted by Crippen LogP contribution is 2.28. The molecule has 0 saturated carbocycles. The summed E-state index contributed by atoms with van der Waals surface area (Å²) in [6.45, 7) is 5.90. The van der Waals surface area contributed by atoms with E-state index in [1.54, 1.807) is 0 Å². The van der Waals surface area contributed by atoms with Crippen LogP contribution in [-0.4, -0.2) is 37.6 Å². The van der Waals surface area contributed by atoms with E-state index in [2.05, 4.69) is 32.0 Å². The molecule has 0 unspecified atom stereocenters. The maximum absolute atomic E-state index is 4.91. The standard InChI is InChI=1S/C19H22N6/c1-14-20-9-8-18(22-14)24-11-4-5-16(13-24)17-6-3-7-19(23-17)25-12-10-21-15(25)2/h3,6-10,12,16H,4-5,11,13H2,1-2H3/t16-/m1/s1. The van der Waals surface area contributed by atoms with E-state index in [9.17, 15) is 0 Å². The van der Waals surface area contributed by atoms with Crippen molar-refractivity contribution in [2.45, 2.75) is 32.6 Å². The molecule has 1 aliphatic heterocycles. The van der Waals surface area contributed by atoms with E-state index in [4.69, 9.17) is 4.98 Å². The van der Waals surface area contributed by atoms with Gasteiger partial charge in [0.2, 0.25) is 0 Å². The van der Waals surface area contributed by atoms with Crippen molar-refractivity contribution in [1.82, 2.24) is 24.5 Å². The van der Waals surface area contributed by atoms with Gasteiger partial charge in [-0.1, -0.05) is 6.07 Å². The van der Waals surface area contributed by atoms with E-state index >= 15 is 0 Å². The quantitative estimate of drug-likeness (QED) is 0.737. The molecule has 0 bridgehead atoms. The molecule has 0 radical (unpaired) electrons. The molecule has 1 aliphatic rings. The van der Waals surface area contributed by atoms with Crippen molar-refractivity contribution in [3.8, 4) is 5.82 Å². The third-order valence-electron chi connectivity index (χ3n) is 4.75. The normalized spacial score (nSPS) is 17.7. The lowest BCUT2D eigenvalue weighted by Gasteiger charge is -2.33. The first kappa shape index (κ1) is 15.7. The molecule has 1 saturated heterocycles. The monoisotopic (exact) mass is 334 g/mol. The van der Waals surface area contributed by atoms with E-state index in [1.165, 1.54) is 0 Å². The predicted molar refractivity (Wildman–Crippen MR) is 97.1 cm³/mol. The van der Waals surface area contributed by atoms with Gasteiger partial charge in [0.15, 0.2) is 0 Å². The molecule has 0 spiro atoms. The topological polar surface area (TPSA) is 59.7 Å². The fraction of sp³-hybridized carbons (Fsp3) is 0.368. The number of hydrogen-bond donors (Lipinski definition) is 0. The zero-order chi connectivity index (χ0) is 17.2. The average molecular weight is 334 g/mol. The second-order valence-electron chi connectivity index (χ2n) is 6.51. The highest BCUT2D eigenvalue weighted by atomic mass is 15.2. The van der Waals surface area contributed by atoms with Gasteiger partial charge >= 0.3 is 0 Å². The second kappa shape index (κ2) is 6.63. The molecule has 1 fully saturated rings. The lowest BCUT2D eigenvalue weighted by Crippen LogP contribution is -2.35. The lowest BCUT2D eigenvalue weighted by molar-refractivity contribution is 0.497. The van der Waals surface area contributed by atoms with Crippen LogP contribution < -0.4 is 4.90 Å². The summed E-state index contributed by atoms with van der Waals surface area (Å²) in [7, 11) is 0. The maximum Gasteiger partial charge on any atom is 0.138 e. The van der Waals surface area contributed by atoms with Crippen LogP contribution in [0.25, 0.3) is 5.82 Å². The molecular formula is C19H22N6. The highest BCUT2D eigenvalue weighted by Gasteiger charge is 2.23. The molecule has 6 nitrogen and oxygen atoms in total. The SMILES string of the molecule is Cc1nccc(N2CCC[C@@H](c3cccc(-n4ccnc4C)n3)C2)n1. The van der Waals surface area contributed by atoms with Crippen LogP contribution in [0.15, 0.2) is 42.9 Å². The Morgan fingerprint density at radius 2 is 1.92 bits per heavy atom. The Kier molecular flexibility index (Phi) is 4.17. The first-order valence-electron chi connectivity index (χ1n) is 8.72. The summed E-state index contributed by atoms with van der Waals surface area (Å²) >= 11 is 0. The lowest BCUT2D eigenvalue weighted by atomic mass is 9.94. The molecule has 0 aromatic carbocycles. The van der Waals surface area contributed by atoms with Crippen molar-refractivity contribution in [3.05, 3.63) is 60.2 Å². The fourth-order valence-corrected chi connectivity index (χ4v) is 3.47. The van der Waals surface area contributed by atoms with Gasteiger partial charge in [0, 0.05) is 43.3 Å². The first-order valence-corrected chi connectivity index (χ1v) is 8.72. The van der Waals surface area contributed by atoms with Crippen LogP contribution >= 0.6 is 0 Å². The molecule has 0 aliphatic carbocycles. The van der Waals surface area contributed by atoms with Gasteiger partial charge in [0.25, 0.3) is 0 Å². The number of hydrogen-bond acceptors (Lipinski definition) is 5. The number of aryl methyl sites for hydroxylation is 2. The minimum atomic E-state index is 0.410. The molecule has 6 heteroatoms. The van der Waals surface area contributed by atoms with Crippen LogP contribution in [0.1, 0.15) is 36.1 Å². The second-order valence-corrected chi connectivity index (χ2v) is 6.51. The van der Waals surface area contributed by atoms with Crippen molar-refractivity contribution in [1.29, 1.82) is 0 Å². The fourth-order valence-electron chi connectivity index (χ4n) is 3.47. The molecule has 3 aromatic rings. The summed E-state index contributed by atoms with van der Waals surface area (Å²) in [5, 5.41) is 0. The molecule has 4 rings (SSSR count). The molecule has 0 N–H and O–H groups in total. The summed E-state index contributed by atoms with van der Waals surface area (Å²) in [5.74, 6) is 4.12. The zero-order valence-corrected chi connectivity index (χ0v) is 14.6. The summed E-state index contributed by atoms with van der Waals surface area (Å²) in [4.78, 5) is 20.3. The highest BCUT2D eigenvalue weighted by molar-refractivity contribution is 5.39. The number of piperidine rings is 1. The Morgan fingerprint density at radius 3 is 2.72 bits per heavy atom. The van der Waals surface area contributed by atoms with Crippen molar-refractivity contribution in [2.24, 2.45) is 0 Å². The van der Waals surface area contributed by atoms with Crippen molar-refractivity contribution in [3.63, 3.8) is 0 Å². The van der Waals surface area contributed by atoms with Gasteiger partial charge in [-0.25, -0.2) is 19.9 Å². The van der Waals surface area contributed by atoms with Crippen molar-refractivity contribution in [2.75, 3.05) is 18.0 Å². The predicted octanol–water partition coefficient (Wildman–Crippen LogP) is 3.06. The van der Waals surface area contributed by atoms with Crippen LogP contribution in [0.2, 0.25) is 0 Å². The van der Waals surface area contributed by atoms with Crippen molar-refractivity contribution >= 4 is 5.82 Å². The molecule has 128 valence electrons. The van der Waals surface area contributed by atoms with E-state index in [1.807, 2.05) is 49.1 Å². The molecule has 4 heterocycles. The van der Waals surface area contributed by atoms with E-state index in [-0.39, 0.29) is 0 Å². The number of nitrogens with zero attached hydrogens (tertiary/aromatic N) is 6. The van der Waals surface area contributed by atoms with E-state index in [0.717, 1.165) is 54.9 Å². The summed E-state index contributed by atoms with van der Waals surface area (Å²) in [6.07, 6.45) is 7.90. The Labute approximate surface area is 147 Å². The van der Waals surface area contributed by atoms with E-state index in [0.29, 0.717) is 5.92 Å². The molecule has 3 aromatic heterocycles. The number of imidazole rings is 1. The van der Waals surface area contributed by atoms with Crippen LogP contribution in [-0.2, 0) is 0 Å². The number of pyridine rings is 1. The van der Waals surface area contributed by atoms with Gasteiger partial charge in [-0.05, 0) is 44.9 Å². The number of anilines is 1. The Morgan fingerprint density at radius 1 is 1.00 bits per heavy atom. The average Bonchev–Trinajstić information content (AvgIpc) is 3.08. The van der Waals surface area contributed by atoms with Crippen LogP contribution in [0.5, 0.6) is 0 Å². The van der Waals surface area contributed by atoms with Gasteiger partial charge in [-0.2, -0.15) is 0 Å². The first-order chi connectivity index (χ1) is 12.2. The Balaban J connectivity index is 1.58. The van der Waals surface area contributed by atoms with Gasteiger partial charge in [-0.3, -0.25) is 4.57 Å². The molecule has 25 heavy (non-hydrogen) atoms. The third-order valence-corrected chi connectivity index (χ3v) is 4.75. The van der Waals surface area contributed by atoms with Crippen LogP contribution in [0.3, 0.4) is 0 Å². The van der Waals surface area contributed by atoms with E-state index < -0.39 is 0 Å². The van der Waals surface area contributed by atoms with Crippen LogP contribution in [0.4, 0.5) is 5.82 Å². The minimum absolute atomic E-state index is 0.410. The van der Waals surface area contributed by atoms with Gasteiger partial charge < -0.3 is 4.90 Å². The van der Waals surface area contributed by atoms with Gasteiger partial charge in [0.05, 0.1) is 0 Å². The number of rotatable bonds is 3. The molecular weight excluding hydrogens is 312 g/mol. The summed E-state index contributed by atoms with van der Waals surface area (Å²) in [6, 6.07) is 8.25. The third kappa shape index (κ3) is 3.24. The minimum Gasteiger partial charge on any atom is -0.356 e. The van der Waals surface area contributed by atoms with Gasteiger partial charge in [0.1, 0.15) is 23.3 Å². The smallest absolute Gasteiger partial charge is 0.138 e. The Hall–Kier alpha value is -2.76. The zero-order valence-electron chi connectivity index (χ0n) is 14.6. The number of aromatic nitrogens is 5. The molecule has 0 amide bonds. The van der Waals surface area contributed by atoms with Crippen LogP contribution in [0, 0.1) is 13.8 Å². The maximum atomic E-state index is 4.91. The van der Waals surface area contributed by atoms with Gasteiger partial charge in [-0.15, -0.1) is 0 Å². The molecule has 1 atom stereocenters.